The van der Waals surface area contributed by atoms with Gasteiger partial charge in [0.1, 0.15) is 0 Å². The Hall–Kier alpha value is -4.61. The van der Waals surface area contributed by atoms with E-state index in [1.807, 2.05) is 30.5 Å². The van der Waals surface area contributed by atoms with Crippen LogP contribution < -0.4 is 14.4 Å². The number of hydrogen-bond donors (Lipinski definition) is 2. The Morgan fingerprint density at radius 1 is 0.961 bits per heavy atom. The number of carboxylic acid groups (broad SMARTS) is 2. The summed E-state index contributed by atoms with van der Waals surface area (Å²) in [5.41, 5.74) is 8.71. The molecule has 2 aromatic carbocycles. The number of aromatic carboxylic acids is 2. The van der Waals surface area contributed by atoms with E-state index in [0.717, 1.165) is 47.9 Å². The van der Waals surface area contributed by atoms with E-state index in [9.17, 15) is 24.6 Å². The van der Waals surface area contributed by atoms with E-state index in [1.54, 1.807) is 46.6 Å². The first-order chi connectivity index (χ1) is 24.3. The average molecular weight is 696 g/mol. The lowest BCUT2D eigenvalue weighted by Crippen LogP contribution is -2.69. The zero-order chi connectivity index (χ0) is 36.3. The Balaban J connectivity index is 0.000000154. The van der Waals surface area contributed by atoms with Gasteiger partial charge in [0.25, 0.3) is 0 Å². The van der Waals surface area contributed by atoms with Crippen molar-refractivity contribution in [2.75, 3.05) is 38.8 Å². The second-order valence-corrected chi connectivity index (χ2v) is 15.1. The quantitative estimate of drug-likeness (QED) is 0.331. The highest BCUT2D eigenvalue weighted by atomic mass is 16.5. The van der Waals surface area contributed by atoms with E-state index < -0.39 is 11.9 Å². The molecule has 1 saturated carbocycles. The minimum atomic E-state index is -0.986. The Morgan fingerprint density at radius 3 is 2.35 bits per heavy atom. The molecule has 3 aromatic rings. The van der Waals surface area contributed by atoms with Crippen LogP contribution in [0.2, 0.25) is 0 Å². The summed E-state index contributed by atoms with van der Waals surface area (Å²) in [5.74, 6) is 0.613. The number of ether oxygens (including phenoxy) is 3. The maximum absolute atomic E-state index is 13.5. The molecule has 1 aliphatic carbocycles. The largest absolute Gasteiger partial charge is 0.493 e. The number of aryl methyl sites for hydroxylation is 3. The van der Waals surface area contributed by atoms with Gasteiger partial charge < -0.3 is 33.9 Å². The summed E-state index contributed by atoms with van der Waals surface area (Å²) in [6, 6.07) is 8.30. The molecule has 51 heavy (non-hydrogen) atoms. The maximum Gasteiger partial charge on any atom is 0.337 e. The van der Waals surface area contributed by atoms with Gasteiger partial charge in [-0.05, 0) is 94.3 Å². The molecule has 6 atom stereocenters. The van der Waals surface area contributed by atoms with Crippen molar-refractivity contribution in [1.82, 2.24) is 9.47 Å². The van der Waals surface area contributed by atoms with E-state index in [4.69, 9.17) is 14.2 Å². The smallest absolute Gasteiger partial charge is 0.337 e. The molecule has 11 nitrogen and oxygen atoms in total. The van der Waals surface area contributed by atoms with Gasteiger partial charge in [0.2, 0.25) is 5.91 Å². The molecule has 6 aliphatic rings. The maximum atomic E-state index is 13.5. The highest BCUT2D eigenvalue weighted by Gasteiger charge is 2.71. The minimum Gasteiger partial charge on any atom is -0.493 e. The molecular weight excluding hydrogens is 650 g/mol. The Kier molecular flexibility index (Phi) is 7.70. The summed E-state index contributed by atoms with van der Waals surface area (Å²) in [6.07, 6.45) is 5.11. The Morgan fingerprint density at radius 2 is 1.69 bits per heavy atom. The van der Waals surface area contributed by atoms with Crippen molar-refractivity contribution >= 4 is 23.5 Å². The van der Waals surface area contributed by atoms with Crippen molar-refractivity contribution in [2.24, 2.45) is 11.8 Å². The lowest BCUT2D eigenvalue weighted by Gasteiger charge is -2.58. The first-order valence-corrected chi connectivity index (χ1v) is 17.7. The monoisotopic (exact) mass is 695 g/mol. The lowest BCUT2D eigenvalue weighted by atomic mass is 9.53. The standard InChI is InChI=1S/C23H26N2O4.C17H19NO4/c1-27-16-8-14-15(9-17(16)28-2)25-20(26)10-18-21-13-7-19-23(14,22(21)25)4-5-24(19)11-12(13)3-6-29-18;1-8-6-9(2)15(11(4)14(8)17(21)22)18-10(3)7-13(12(18)5)16(19)20/h3,8-9,13,18-19,21-22H,4-7,10-11H2,1-2H3;6-7H,1-5H3,(H,19,20)(H,21,22). The van der Waals surface area contributed by atoms with E-state index in [0.29, 0.717) is 53.5 Å². The fraction of sp³-hybridized carbons (Fsp3) is 0.475. The molecule has 4 fully saturated rings. The molecule has 1 aromatic heterocycles. The molecule has 0 radical (unpaired) electrons. The molecule has 2 N–H and O–H groups in total. The predicted molar refractivity (Wildman–Crippen MR) is 190 cm³/mol. The molecule has 5 aliphatic heterocycles. The second kappa shape index (κ2) is 11.7. The zero-order valence-corrected chi connectivity index (χ0v) is 30.2. The number of rotatable bonds is 5. The highest BCUT2D eigenvalue weighted by Crippen LogP contribution is 2.66. The third-order valence-electron chi connectivity index (χ3n) is 12.8. The van der Waals surface area contributed by atoms with Gasteiger partial charge in [-0.2, -0.15) is 0 Å². The van der Waals surface area contributed by atoms with Crippen molar-refractivity contribution in [3.8, 4) is 17.2 Å². The van der Waals surface area contributed by atoms with Gasteiger partial charge in [-0.3, -0.25) is 9.69 Å². The summed E-state index contributed by atoms with van der Waals surface area (Å²) in [5, 5.41) is 18.7. The van der Waals surface area contributed by atoms with Gasteiger partial charge in [-0.25, -0.2) is 9.59 Å². The molecule has 6 heterocycles. The molecule has 11 heteroatoms. The Bertz CT molecular complexity index is 2060. The number of aromatic nitrogens is 1. The van der Waals surface area contributed by atoms with E-state index in [1.165, 1.54) is 12.0 Å². The van der Waals surface area contributed by atoms with Gasteiger partial charge in [0.15, 0.2) is 11.5 Å². The normalized spacial score (nSPS) is 28.0. The van der Waals surface area contributed by atoms with Crippen molar-refractivity contribution in [3.63, 3.8) is 0 Å². The zero-order valence-electron chi connectivity index (χ0n) is 30.2. The van der Waals surface area contributed by atoms with E-state index in [-0.39, 0.29) is 34.6 Å². The number of amides is 1. The number of hydrogen-bond acceptors (Lipinski definition) is 7. The molecule has 9 rings (SSSR count). The molecule has 3 saturated heterocycles. The van der Waals surface area contributed by atoms with Gasteiger partial charge in [0, 0.05) is 41.4 Å². The molecule has 2 bridgehead atoms. The lowest BCUT2D eigenvalue weighted by molar-refractivity contribution is -0.132. The molecule has 1 amide bonds. The average Bonchev–Trinajstić information content (AvgIpc) is 3.67. The van der Waals surface area contributed by atoms with Crippen LogP contribution in [0.4, 0.5) is 5.69 Å². The summed E-state index contributed by atoms with van der Waals surface area (Å²) >= 11 is 0. The molecule has 6 unspecified atom stereocenters. The molecular formula is C40H45N3O8. The van der Waals surface area contributed by atoms with Crippen LogP contribution in [0.5, 0.6) is 11.5 Å². The molecule has 268 valence electrons. The van der Waals surface area contributed by atoms with Crippen molar-refractivity contribution in [1.29, 1.82) is 0 Å². The van der Waals surface area contributed by atoms with Crippen LogP contribution in [0.1, 0.15) is 73.6 Å². The van der Waals surface area contributed by atoms with Gasteiger partial charge in [-0.1, -0.05) is 17.7 Å². The first kappa shape index (κ1) is 33.5. The second-order valence-electron chi connectivity index (χ2n) is 15.1. The third kappa shape index (κ3) is 4.53. The predicted octanol–water partition coefficient (Wildman–Crippen LogP) is 5.53. The highest BCUT2D eigenvalue weighted by molar-refractivity contribution is 6.00. The summed E-state index contributed by atoms with van der Waals surface area (Å²) in [6.45, 7) is 11.8. The van der Waals surface area contributed by atoms with Crippen molar-refractivity contribution in [3.05, 3.63) is 80.7 Å². The number of methoxy groups -OCH3 is 2. The SMILES string of the molecule is COc1cc2c(cc1OC)C13CCN4CC5=CCOC6CC(=O)N2C1C6C5CC43.Cc1cc(C)c(-n2c(C)cc(C(=O)O)c2C)c(C)c1C(=O)O. The number of benzene rings is 2. The van der Waals surface area contributed by atoms with Crippen molar-refractivity contribution < 1.29 is 38.8 Å². The number of anilines is 1. The summed E-state index contributed by atoms with van der Waals surface area (Å²) < 4.78 is 19.4. The number of carboxylic acids is 2. The van der Waals surface area contributed by atoms with Gasteiger partial charge in [-0.15, -0.1) is 0 Å². The van der Waals surface area contributed by atoms with Crippen LogP contribution in [0.25, 0.3) is 5.69 Å². The summed E-state index contributed by atoms with van der Waals surface area (Å²) in [7, 11) is 3.36. The topological polar surface area (TPSA) is 131 Å². The Labute approximate surface area is 297 Å². The van der Waals surface area contributed by atoms with E-state index >= 15 is 0 Å². The number of nitrogens with zero attached hydrogens (tertiary/aromatic N) is 3. The van der Waals surface area contributed by atoms with Crippen LogP contribution in [-0.2, 0) is 14.9 Å². The van der Waals surface area contributed by atoms with Crippen molar-refractivity contribution in [2.45, 2.75) is 77.5 Å². The fourth-order valence-corrected chi connectivity index (χ4v) is 11.0. The van der Waals surface area contributed by atoms with Crippen LogP contribution in [-0.4, -0.2) is 89.6 Å². The van der Waals surface area contributed by atoms with Gasteiger partial charge in [0.05, 0.1) is 61.9 Å². The summed E-state index contributed by atoms with van der Waals surface area (Å²) in [4.78, 5) is 41.1. The van der Waals surface area contributed by atoms with Crippen LogP contribution in [0, 0.1) is 46.5 Å². The number of carbonyl (C=O) groups is 3. The number of carbonyl (C=O) groups excluding carboxylic acids is 1. The number of piperidine rings is 2. The number of fused-ring (bicyclic) bond motifs is 2. The first-order valence-electron chi connectivity index (χ1n) is 17.7. The van der Waals surface area contributed by atoms with Crippen LogP contribution in [0.15, 0.2) is 35.9 Å². The molecule has 1 spiro atoms. The third-order valence-corrected chi connectivity index (χ3v) is 12.8. The van der Waals surface area contributed by atoms with Crippen LogP contribution >= 0.6 is 0 Å². The van der Waals surface area contributed by atoms with E-state index in [2.05, 4.69) is 21.9 Å². The minimum absolute atomic E-state index is 0.0242. The van der Waals surface area contributed by atoms with Gasteiger partial charge >= 0.3 is 11.9 Å². The fourth-order valence-electron chi connectivity index (χ4n) is 11.0. The van der Waals surface area contributed by atoms with Crippen LogP contribution in [0.3, 0.4) is 0 Å².